The second-order valence-corrected chi connectivity index (χ2v) is 7.86. The number of methoxy groups -OCH3 is 2. The number of esters is 1. The molecule has 4 aromatic rings. The van der Waals surface area contributed by atoms with Crippen molar-refractivity contribution in [2.75, 3.05) is 19.5 Å². The van der Waals surface area contributed by atoms with Crippen molar-refractivity contribution in [3.8, 4) is 16.9 Å². The number of carbonyl (C=O) groups excluding carboxylic acids is 2. The molecule has 0 radical (unpaired) electrons. The van der Waals surface area contributed by atoms with E-state index in [2.05, 4.69) is 5.32 Å². The normalized spacial score (nSPS) is 11.4. The first-order chi connectivity index (χ1) is 16.4. The van der Waals surface area contributed by atoms with Crippen LogP contribution in [0.5, 0.6) is 5.75 Å². The minimum atomic E-state index is -0.430. The number of fused-ring (bicyclic) bond motifs is 1. The van der Waals surface area contributed by atoms with Gasteiger partial charge in [-0.05, 0) is 55.3 Å². The molecule has 0 aliphatic carbocycles. The smallest absolute Gasteiger partial charge is 0.337 e. The van der Waals surface area contributed by atoms with Gasteiger partial charge in [-0.25, -0.2) is 4.79 Å². The highest BCUT2D eigenvalue weighted by Gasteiger charge is 2.18. The SMILES string of the molecule is COC(=O)c1ccc(NC(=O)/C=C(\C)c2cc3c(-c4ccccc4)coc3c(C)c2OC)cc1. The number of ether oxygens (including phenoxy) is 2. The van der Waals surface area contributed by atoms with Crippen molar-refractivity contribution in [2.45, 2.75) is 13.8 Å². The summed E-state index contributed by atoms with van der Waals surface area (Å²) in [5, 5.41) is 3.77. The van der Waals surface area contributed by atoms with Crippen molar-refractivity contribution in [3.05, 3.63) is 89.7 Å². The van der Waals surface area contributed by atoms with Crippen LogP contribution in [0.3, 0.4) is 0 Å². The summed E-state index contributed by atoms with van der Waals surface area (Å²) < 4.78 is 16.3. The lowest BCUT2D eigenvalue weighted by molar-refractivity contribution is -0.111. The van der Waals surface area contributed by atoms with Crippen LogP contribution in [0.1, 0.15) is 28.4 Å². The Kier molecular flexibility index (Phi) is 6.50. The zero-order valence-corrected chi connectivity index (χ0v) is 19.5. The first-order valence-electron chi connectivity index (χ1n) is 10.7. The molecule has 6 heteroatoms. The molecule has 1 N–H and O–H groups in total. The fraction of sp³-hybridized carbons (Fsp3) is 0.143. The van der Waals surface area contributed by atoms with Gasteiger partial charge in [0.25, 0.3) is 0 Å². The summed E-state index contributed by atoms with van der Waals surface area (Å²) >= 11 is 0. The third-order valence-corrected chi connectivity index (χ3v) is 5.68. The van der Waals surface area contributed by atoms with Gasteiger partial charge in [0.2, 0.25) is 5.91 Å². The summed E-state index contributed by atoms with van der Waals surface area (Å²) in [6, 6.07) is 18.5. The van der Waals surface area contributed by atoms with Crippen LogP contribution in [0.15, 0.2) is 77.4 Å². The lowest BCUT2D eigenvalue weighted by Gasteiger charge is -2.13. The summed E-state index contributed by atoms with van der Waals surface area (Å²) in [6.45, 7) is 3.81. The fourth-order valence-corrected chi connectivity index (χ4v) is 3.97. The summed E-state index contributed by atoms with van der Waals surface area (Å²) in [5.41, 5.74) is 6.17. The van der Waals surface area contributed by atoms with Crippen molar-refractivity contribution < 1.29 is 23.5 Å². The fourth-order valence-electron chi connectivity index (χ4n) is 3.97. The average Bonchev–Trinajstić information content (AvgIpc) is 3.28. The molecule has 0 bridgehead atoms. The van der Waals surface area contributed by atoms with Crippen molar-refractivity contribution >= 4 is 34.1 Å². The van der Waals surface area contributed by atoms with Gasteiger partial charge >= 0.3 is 5.97 Å². The molecule has 0 saturated heterocycles. The monoisotopic (exact) mass is 455 g/mol. The molecule has 1 heterocycles. The number of hydrogen-bond acceptors (Lipinski definition) is 5. The largest absolute Gasteiger partial charge is 0.496 e. The predicted octanol–water partition coefficient (Wildman–Crippen LogP) is 6.25. The minimum absolute atomic E-state index is 0.293. The number of benzene rings is 3. The van der Waals surface area contributed by atoms with Gasteiger partial charge in [0.1, 0.15) is 11.3 Å². The van der Waals surface area contributed by atoms with Gasteiger partial charge in [0, 0.05) is 33.8 Å². The molecule has 0 aliphatic rings. The van der Waals surface area contributed by atoms with E-state index in [1.165, 1.54) is 13.2 Å². The van der Waals surface area contributed by atoms with Gasteiger partial charge in [-0.2, -0.15) is 0 Å². The van der Waals surface area contributed by atoms with Crippen LogP contribution < -0.4 is 10.1 Å². The number of rotatable bonds is 6. The van der Waals surface area contributed by atoms with Crippen molar-refractivity contribution in [2.24, 2.45) is 0 Å². The second kappa shape index (κ2) is 9.67. The van der Waals surface area contributed by atoms with Gasteiger partial charge in [-0.1, -0.05) is 30.3 Å². The number of nitrogens with one attached hydrogen (secondary N) is 1. The number of carbonyl (C=O) groups is 2. The molecule has 0 unspecified atom stereocenters. The van der Waals surface area contributed by atoms with Crippen molar-refractivity contribution in [1.82, 2.24) is 0 Å². The van der Waals surface area contributed by atoms with Crippen LogP contribution in [0.25, 0.3) is 27.7 Å². The first kappa shape index (κ1) is 22.9. The summed E-state index contributed by atoms with van der Waals surface area (Å²) in [7, 11) is 2.93. The third-order valence-electron chi connectivity index (χ3n) is 5.68. The molecule has 1 amide bonds. The second-order valence-electron chi connectivity index (χ2n) is 7.86. The zero-order chi connectivity index (χ0) is 24.2. The number of aryl methyl sites for hydroxylation is 1. The molecule has 6 nitrogen and oxygen atoms in total. The highest BCUT2D eigenvalue weighted by atomic mass is 16.5. The molecule has 34 heavy (non-hydrogen) atoms. The Balaban J connectivity index is 1.67. The average molecular weight is 456 g/mol. The van der Waals surface area contributed by atoms with E-state index in [4.69, 9.17) is 13.9 Å². The van der Waals surface area contributed by atoms with Crippen LogP contribution in [0, 0.1) is 6.92 Å². The van der Waals surface area contributed by atoms with Crippen LogP contribution in [0.4, 0.5) is 5.69 Å². The van der Waals surface area contributed by atoms with Crippen LogP contribution in [-0.4, -0.2) is 26.1 Å². The van der Waals surface area contributed by atoms with Crippen molar-refractivity contribution in [1.29, 1.82) is 0 Å². The molecular formula is C28H25NO5. The molecule has 0 saturated carbocycles. The molecule has 1 aromatic heterocycles. The highest BCUT2D eigenvalue weighted by molar-refractivity contribution is 6.06. The van der Waals surface area contributed by atoms with E-state index in [1.54, 1.807) is 37.6 Å². The molecule has 0 atom stereocenters. The first-order valence-corrected chi connectivity index (χ1v) is 10.7. The van der Waals surface area contributed by atoms with E-state index in [0.717, 1.165) is 38.8 Å². The van der Waals surface area contributed by atoms with E-state index in [9.17, 15) is 9.59 Å². The summed E-state index contributed by atoms with van der Waals surface area (Å²) in [6.07, 6.45) is 3.28. The maximum Gasteiger partial charge on any atom is 0.337 e. The van der Waals surface area contributed by atoms with Crippen molar-refractivity contribution in [3.63, 3.8) is 0 Å². The van der Waals surface area contributed by atoms with Gasteiger partial charge in [-0.3, -0.25) is 4.79 Å². The van der Waals surface area contributed by atoms with Gasteiger partial charge in [0.05, 0.1) is 26.0 Å². The Morgan fingerprint density at radius 1 is 1.00 bits per heavy atom. The molecular weight excluding hydrogens is 430 g/mol. The van der Waals surface area contributed by atoms with E-state index in [0.29, 0.717) is 17.0 Å². The Morgan fingerprint density at radius 2 is 1.71 bits per heavy atom. The summed E-state index contributed by atoms with van der Waals surface area (Å²) in [5.74, 6) is -0.0652. The van der Waals surface area contributed by atoms with E-state index >= 15 is 0 Å². The van der Waals surface area contributed by atoms with Gasteiger partial charge < -0.3 is 19.2 Å². The number of allylic oxidation sites excluding steroid dienone is 1. The van der Waals surface area contributed by atoms with Gasteiger partial charge in [0.15, 0.2) is 0 Å². The lowest BCUT2D eigenvalue weighted by atomic mass is 9.96. The Labute approximate surface area is 197 Å². The topological polar surface area (TPSA) is 77.8 Å². The Hall–Kier alpha value is -4.32. The van der Waals surface area contributed by atoms with E-state index in [1.807, 2.05) is 50.2 Å². The van der Waals surface area contributed by atoms with Crippen LogP contribution in [-0.2, 0) is 9.53 Å². The Morgan fingerprint density at radius 3 is 2.35 bits per heavy atom. The number of anilines is 1. The predicted molar refractivity (Wildman–Crippen MR) is 133 cm³/mol. The maximum atomic E-state index is 12.7. The molecule has 4 rings (SSSR count). The third kappa shape index (κ3) is 4.43. The molecule has 0 spiro atoms. The molecule has 0 fully saturated rings. The van der Waals surface area contributed by atoms with E-state index in [-0.39, 0.29) is 5.91 Å². The molecule has 0 aliphatic heterocycles. The zero-order valence-electron chi connectivity index (χ0n) is 19.5. The molecule has 3 aromatic carbocycles. The number of hydrogen-bond donors (Lipinski definition) is 1. The standard InChI is InChI=1S/C28H25NO5/c1-17(14-25(30)29-21-12-10-20(11-13-21)28(31)33-4)22-15-23-24(19-8-6-5-7-9-19)16-34-27(23)18(2)26(22)32-3/h5-16H,1-4H3,(H,29,30)/b17-14+. The quantitative estimate of drug-likeness (QED) is 0.275. The maximum absolute atomic E-state index is 12.7. The van der Waals surface area contributed by atoms with Crippen LogP contribution >= 0.6 is 0 Å². The summed E-state index contributed by atoms with van der Waals surface area (Å²) in [4.78, 5) is 24.3. The number of amides is 1. The molecule has 172 valence electrons. The minimum Gasteiger partial charge on any atom is -0.496 e. The van der Waals surface area contributed by atoms with Gasteiger partial charge in [-0.15, -0.1) is 0 Å². The lowest BCUT2D eigenvalue weighted by Crippen LogP contribution is -2.09. The highest BCUT2D eigenvalue weighted by Crippen LogP contribution is 2.40. The van der Waals surface area contributed by atoms with E-state index < -0.39 is 5.97 Å². The number of furan rings is 1. The van der Waals surface area contributed by atoms with Crippen LogP contribution in [0.2, 0.25) is 0 Å². The Bertz CT molecular complexity index is 1380.